The Balaban J connectivity index is 1.48. The van der Waals surface area contributed by atoms with Gasteiger partial charge in [-0.3, -0.25) is 4.79 Å². The molecule has 29 heavy (non-hydrogen) atoms. The van der Waals surface area contributed by atoms with Crippen LogP contribution in [0.25, 0.3) is 11.1 Å². The van der Waals surface area contributed by atoms with E-state index in [0.29, 0.717) is 22.6 Å². The smallest absolute Gasteiger partial charge is 0.250 e. The van der Waals surface area contributed by atoms with Gasteiger partial charge in [0.25, 0.3) is 5.56 Å². The average Bonchev–Trinajstić information content (AvgIpc) is 3.17. The van der Waals surface area contributed by atoms with E-state index < -0.39 is 0 Å². The number of rotatable bonds is 4. The van der Waals surface area contributed by atoms with Crippen molar-refractivity contribution in [3.63, 3.8) is 0 Å². The second-order valence-corrected chi connectivity index (χ2v) is 8.68. The summed E-state index contributed by atoms with van der Waals surface area (Å²) in [5.41, 5.74) is 3.48. The molecule has 4 heterocycles. The summed E-state index contributed by atoms with van der Waals surface area (Å²) in [5.74, 6) is 2.34. The van der Waals surface area contributed by atoms with Crippen molar-refractivity contribution in [3.05, 3.63) is 81.1 Å². The van der Waals surface area contributed by atoms with E-state index in [1.54, 1.807) is 6.07 Å². The number of fused-ring (bicyclic) bond motifs is 4. The first-order valence-corrected chi connectivity index (χ1v) is 10.5. The van der Waals surface area contributed by atoms with Crippen molar-refractivity contribution < 1.29 is 14.4 Å². The van der Waals surface area contributed by atoms with Crippen LogP contribution in [0.2, 0.25) is 5.02 Å². The highest BCUT2D eigenvalue weighted by Crippen LogP contribution is 2.37. The zero-order valence-corrected chi connectivity index (χ0v) is 16.9. The molecule has 2 N–H and O–H groups in total. The van der Waals surface area contributed by atoms with Gasteiger partial charge in [-0.25, -0.2) is 0 Å². The minimum absolute atomic E-state index is 0.0681. The number of benzene rings is 1. The molecule has 0 radical (unpaired) electrons. The van der Waals surface area contributed by atoms with Crippen molar-refractivity contribution in [3.8, 4) is 11.1 Å². The van der Waals surface area contributed by atoms with Crippen molar-refractivity contribution in [1.29, 1.82) is 0 Å². The molecule has 1 unspecified atom stereocenters. The largest absolute Gasteiger partial charge is 0.458 e. The number of quaternary nitrogens is 1. The quantitative estimate of drug-likeness (QED) is 0.693. The van der Waals surface area contributed by atoms with E-state index in [9.17, 15) is 9.90 Å². The number of pyridine rings is 1. The Hall–Kier alpha value is -2.34. The molecule has 1 saturated heterocycles. The molecule has 0 saturated carbocycles. The highest BCUT2D eigenvalue weighted by atomic mass is 35.5. The highest BCUT2D eigenvalue weighted by Gasteiger charge is 2.39. The lowest BCUT2D eigenvalue weighted by atomic mass is 9.80. The van der Waals surface area contributed by atoms with E-state index in [-0.39, 0.29) is 12.2 Å². The molecular formula is C23H24ClN2O3+. The Morgan fingerprint density at radius 2 is 1.86 bits per heavy atom. The average molecular weight is 412 g/mol. The molecule has 150 valence electrons. The summed E-state index contributed by atoms with van der Waals surface area (Å²) in [6.45, 7) is 3.51. The summed E-state index contributed by atoms with van der Waals surface area (Å²) in [7, 11) is 0. The number of piperidine rings is 1. The Labute approximate surface area is 174 Å². The van der Waals surface area contributed by atoms with Gasteiger partial charge in [0.15, 0.2) is 5.76 Å². The first-order valence-electron chi connectivity index (χ1n) is 10.1. The molecule has 0 aliphatic carbocycles. The predicted molar refractivity (Wildman–Crippen MR) is 111 cm³/mol. The summed E-state index contributed by atoms with van der Waals surface area (Å²) in [6.07, 6.45) is 1.12. The van der Waals surface area contributed by atoms with Crippen molar-refractivity contribution >= 4 is 11.6 Å². The van der Waals surface area contributed by atoms with Gasteiger partial charge in [-0.1, -0.05) is 23.7 Å². The van der Waals surface area contributed by atoms with Gasteiger partial charge < -0.3 is 19.0 Å². The van der Waals surface area contributed by atoms with Gasteiger partial charge in [0, 0.05) is 40.7 Å². The normalized spacial score (nSPS) is 23.0. The maximum absolute atomic E-state index is 12.6. The van der Waals surface area contributed by atoms with Crippen molar-refractivity contribution in [2.75, 3.05) is 13.1 Å². The number of aromatic nitrogens is 1. The number of aliphatic hydroxyl groups is 1. The van der Waals surface area contributed by atoms with Gasteiger partial charge in [0.2, 0.25) is 0 Å². The van der Waals surface area contributed by atoms with Crippen LogP contribution in [0.3, 0.4) is 0 Å². The lowest BCUT2D eigenvalue weighted by Gasteiger charge is -2.41. The summed E-state index contributed by atoms with van der Waals surface area (Å²) in [6, 6.07) is 15.3. The minimum Gasteiger partial charge on any atom is -0.458 e. The fraction of sp³-hybridized carbons (Fsp3) is 0.348. The summed E-state index contributed by atoms with van der Waals surface area (Å²) in [4.78, 5) is 14.1. The SMILES string of the molecule is O=c1ccc(-c2ccc(Cl)cc2)c2n1C[C@H]1C[C@@H]2C[NH+](Cc2ccc(CO)o2)C1. The molecule has 6 heteroatoms. The third-order valence-corrected chi connectivity index (χ3v) is 6.49. The molecule has 3 aromatic rings. The van der Waals surface area contributed by atoms with Crippen LogP contribution in [0.15, 0.2) is 57.7 Å². The van der Waals surface area contributed by atoms with E-state index in [0.717, 1.165) is 55.2 Å². The van der Waals surface area contributed by atoms with Gasteiger partial charge in [0.05, 0.1) is 13.1 Å². The van der Waals surface area contributed by atoms with Crippen LogP contribution < -0.4 is 10.5 Å². The van der Waals surface area contributed by atoms with Gasteiger partial charge in [-0.05, 0) is 42.3 Å². The zero-order chi connectivity index (χ0) is 20.0. The summed E-state index contributed by atoms with van der Waals surface area (Å²) >= 11 is 6.08. The van der Waals surface area contributed by atoms with Crippen molar-refractivity contribution in [2.45, 2.75) is 32.0 Å². The molecule has 2 aromatic heterocycles. The number of aliphatic hydroxyl groups excluding tert-OH is 1. The maximum atomic E-state index is 12.6. The van der Waals surface area contributed by atoms with E-state index in [4.69, 9.17) is 16.0 Å². The van der Waals surface area contributed by atoms with Crippen LogP contribution in [0.1, 0.15) is 29.6 Å². The molecule has 5 rings (SSSR count). The van der Waals surface area contributed by atoms with E-state index >= 15 is 0 Å². The van der Waals surface area contributed by atoms with Gasteiger partial charge in [-0.2, -0.15) is 0 Å². The molecule has 0 spiro atoms. The first-order chi connectivity index (χ1) is 14.1. The Morgan fingerprint density at radius 3 is 2.62 bits per heavy atom. The Bertz CT molecular complexity index is 1090. The lowest BCUT2D eigenvalue weighted by Crippen LogP contribution is -3.13. The van der Waals surface area contributed by atoms with Crippen LogP contribution in [-0.4, -0.2) is 22.8 Å². The number of nitrogens with zero attached hydrogens (tertiary/aromatic N) is 1. The number of likely N-dealkylation sites (tertiary alicyclic amines) is 1. The predicted octanol–water partition coefficient (Wildman–Crippen LogP) is 2.46. The molecule has 2 aliphatic heterocycles. The van der Waals surface area contributed by atoms with E-state index in [1.807, 2.05) is 47.0 Å². The van der Waals surface area contributed by atoms with Gasteiger partial charge >= 0.3 is 0 Å². The number of nitrogens with one attached hydrogen (secondary N) is 1. The molecule has 2 bridgehead atoms. The third kappa shape index (κ3) is 3.54. The standard InChI is InChI=1S/C23H23ClN2O3/c24-18-3-1-16(2-4-18)21-7-8-22(28)26-11-15-9-17(23(21)26)12-25(10-15)13-19-5-6-20(14-27)29-19/h1-8,15,17,27H,9-14H2/p+1/t15-,17+/m0/s1. The first kappa shape index (κ1) is 18.7. The molecule has 1 fully saturated rings. The molecular weight excluding hydrogens is 388 g/mol. The third-order valence-electron chi connectivity index (χ3n) is 6.24. The van der Waals surface area contributed by atoms with Crippen LogP contribution in [-0.2, 0) is 19.7 Å². The molecule has 0 amide bonds. The Kier molecular flexibility index (Phi) is 4.82. The molecule has 2 aliphatic rings. The minimum atomic E-state index is -0.0681. The van der Waals surface area contributed by atoms with Crippen molar-refractivity contribution in [1.82, 2.24) is 4.57 Å². The fourth-order valence-electron chi connectivity index (χ4n) is 5.10. The topological polar surface area (TPSA) is 59.8 Å². The summed E-state index contributed by atoms with van der Waals surface area (Å²) < 4.78 is 7.71. The van der Waals surface area contributed by atoms with Crippen LogP contribution in [0.5, 0.6) is 0 Å². The van der Waals surface area contributed by atoms with Crippen molar-refractivity contribution in [2.24, 2.45) is 5.92 Å². The van der Waals surface area contributed by atoms with E-state index in [1.165, 1.54) is 4.90 Å². The van der Waals surface area contributed by atoms with Gasteiger partial charge in [0.1, 0.15) is 18.9 Å². The lowest BCUT2D eigenvalue weighted by molar-refractivity contribution is -0.925. The Morgan fingerprint density at radius 1 is 1.07 bits per heavy atom. The van der Waals surface area contributed by atoms with Gasteiger partial charge in [-0.15, -0.1) is 0 Å². The van der Waals surface area contributed by atoms with Crippen LogP contribution in [0, 0.1) is 5.92 Å². The van der Waals surface area contributed by atoms with Crippen LogP contribution >= 0.6 is 11.6 Å². The second kappa shape index (κ2) is 7.48. The van der Waals surface area contributed by atoms with Crippen LogP contribution in [0.4, 0.5) is 0 Å². The number of furan rings is 1. The maximum Gasteiger partial charge on any atom is 0.250 e. The highest BCUT2D eigenvalue weighted by molar-refractivity contribution is 6.30. The number of hydrogen-bond acceptors (Lipinski definition) is 3. The monoisotopic (exact) mass is 411 g/mol. The fourth-order valence-corrected chi connectivity index (χ4v) is 5.23. The van der Waals surface area contributed by atoms with E-state index in [2.05, 4.69) is 0 Å². The molecule has 1 aromatic carbocycles. The molecule has 3 atom stereocenters. The second-order valence-electron chi connectivity index (χ2n) is 8.25. The zero-order valence-electron chi connectivity index (χ0n) is 16.1. The summed E-state index contributed by atoms with van der Waals surface area (Å²) in [5, 5.41) is 9.95. The number of hydrogen-bond donors (Lipinski definition) is 2. The molecule has 5 nitrogen and oxygen atoms in total. The number of halogens is 1.